The monoisotopic (exact) mass is 770 g/mol. The Bertz CT molecular complexity index is 2200. The quantitative estimate of drug-likeness (QED) is 0.205. The number of benzene rings is 2. The number of rotatable bonds is 6. The lowest BCUT2D eigenvalue weighted by atomic mass is 9.62. The predicted octanol–water partition coefficient (Wildman–Crippen LogP) is 6.62. The first-order valence-electron chi connectivity index (χ1n) is 16.2. The Morgan fingerprint density at radius 2 is 0.923 bits per heavy atom. The highest BCUT2D eigenvalue weighted by atomic mass is 35.5. The maximum atomic E-state index is 15.3. The van der Waals surface area contributed by atoms with Crippen molar-refractivity contribution in [3.63, 3.8) is 0 Å². The number of aromatic nitrogens is 4. The fourth-order valence-corrected chi connectivity index (χ4v) is 8.56. The largest absolute Gasteiger partial charge is 0.431 e. The number of alkyl halides is 6. The summed E-state index contributed by atoms with van der Waals surface area (Å²) >= 11 is 13.5. The van der Waals surface area contributed by atoms with Gasteiger partial charge in [0.15, 0.2) is 5.78 Å². The van der Waals surface area contributed by atoms with Gasteiger partial charge in [-0.3, -0.25) is 23.5 Å². The molecule has 2 aliphatic carbocycles. The van der Waals surface area contributed by atoms with Crippen LogP contribution in [-0.4, -0.2) is 24.1 Å². The first-order chi connectivity index (χ1) is 24.2. The Hall–Kier alpha value is -4.37. The number of nitrogens with zero attached hydrogens (tertiary/aromatic N) is 4. The van der Waals surface area contributed by atoms with Crippen LogP contribution in [0.2, 0.25) is 10.0 Å². The molecule has 0 unspecified atom stereocenters. The van der Waals surface area contributed by atoms with Gasteiger partial charge in [-0.15, -0.1) is 0 Å². The molecule has 4 aromatic rings. The Balaban J connectivity index is 1.52. The molecule has 0 bridgehead atoms. The van der Waals surface area contributed by atoms with Crippen molar-refractivity contribution >= 4 is 29.0 Å². The second kappa shape index (κ2) is 12.9. The summed E-state index contributed by atoms with van der Waals surface area (Å²) in [5.74, 6) is -0.312. The van der Waals surface area contributed by atoms with Gasteiger partial charge in [-0.25, -0.2) is 18.7 Å². The molecule has 2 aromatic carbocycles. The smallest absolute Gasteiger partial charge is 0.298 e. The third-order valence-electron chi connectivity index (χ3n) is 10.5. The minimum atomic E-state index is -4.97. The molecule has 0 atom stereocenters. The molecule has 2 fully saturated rings. The van der Waals surface area contributed by atoms with Gasteiger partial charge < -0.3 is 0 Å². The van der Waals surface area contributed by atoms with Crippen LogP contribution in [0.3, 0.4) is 0 Å². The summed E-state index contributed by atoms with van der Waals surface area (Å²) in [6.07, 6.45) is -6.49. The van der Waals surface area contributed by atoms with Gasteiger partial charge in [0.05, 0.1) is 22.2 Å². The summed E-state index contributed by atoms with van der Waals surface area (Å²) in [6.45, 7) is 0. The lowest BCUT2D eigenvalue weighted by Gasteiger charge is -2.40. The molecule has 276 valence electrons. The third-order valence-corrected chi connectivity index (χ3v) is 11.1. The van der Waals surface area contributed by atoms with Gasteiger partial charge in [0.25, 0.3) is 11.1 Å². The fourth-order valence-electron chi connectivity index (χ4n) is 7.96. The van der Waals surface area contributed by atoms with Gasteiger partial charge in [-0.05, 0) is 73.2 Å². The first kappa shape index (κ1) is 37.4. The van der Waals surface area contributed by atoms with Crippen molar-refractivity contribution in [3.05, 3.63) is 123 Å². The van der Waals surface area contributed by atoms with Crippen molar-refractivity contribution in [2.24, 2.45) is 14.1 Å². The molecular weight excluding hydrogens is 741 g/mol. The van der Waals surface area contributed by atoms with Gasteiger partial charge >= 0.3 is 23.7 Å². The highest BCUT2D eigenvalue weighted by molar-refractivity contribution is 6.32. The molecule has 2 heterocycles. The maximum Gasteiger partial charge on any atom is 0.431 e. The molecule has 9 nitrogen and oxygen atoms in total. The average Bonchev–Trinajstić information content (AvgIpc) is 3.77. The zero-order valence-corrected chi connectivity index (χ0v) is 29.1. The van der Waals surface area contributed by atoms with Crippen molar-refractivity contribution in [1.29, 1.82) is 0 Å². The van der Waals surface area contributed by atoms with Crippen LogP contribution < -0.4 is 22.5 Å². The molecule has 0 radical (unpaired) electrons. The average molecular weight is 772 g/mol. The Morgan fingerprint density at radius 3 is 1.23 bits per heavy atom. The van der Waals surface area contributed by atoms with E-state index in [0.717, 1.165) is 14.1 Å². The molecule has 0 amide bonds. The standard InChI is InChI=1S/C35H30Cl2F6N4O5/c1-44-25(34(38,39)40)17-27(48)46(30(44)51)19-7-9-23(36)21(15-19)32(11-3-4-12-32)29(50)33(13-5-6-14-33)22-16-20(8-10-24(22)37)47-28(49)18-26(35(41,42)43)45(2)31(47)52/h7-10,15-18H,3-6,11-14H2,1-2H3. The zero-order chi connectivity index (χ0) is 38.1. The van der Waals surface area contributed by atoms with E-state index in [-0.39, 0.29) is 64.0 Å². The summed E-state index contributed by atoms with van der Waals surface area (Å²) in [7, 11) is 1.77. The predicted molar refractivity (Wildman–Crippen MR) is 180 cm³/mol. The van der Waals surface area contributed by atoms with Crippen molar-refractivity contribution in [3.8, 4) is 11.4 Å². The van der Waals surface area contributed by atoms with E-state index < -0.39 is 57.1 Å². The minimum Gasteiger partial charge on any atom is -0.298 e. The third kappa shape index (κ3) is 5.95. The molecule has 0 N–H and O–H groups in total. The van der Waals surface area contributed by atoms with Crippen molar-refractivity contribution in [2.45, 2.75) is 74.5 Å². The molecule has 6 rings (SSSR count). The summed E-state index contributed by atoms with van der Waals surface area (Å²) in [5, 5.41) is 0.229. The molecule has 0 aliphatic heterocycles. The maximum absolute atomic E-state index is 15.3. The number of carbonyl (C=O) groups is 1. The molecular formula is C35H30Cl2F6N4O5. The van der Waals surface area contributed by atoms with E-state index >= 15 is 4.79 Å². The van der Waals surface area contributed by atoms with E-state index in [0.29, 0.717) is 56.1 Å². The number of Topliss-reactive ketones (excluding diaryl/α,β-unsaturated/α-hetero) is 1. The summed E-state index contributed by atoms with van der Waals surface area (Å²) < 4.78 is 83.0. The highest BCUT2D eigenvalue weighted by Gasteiger charge is 2.55. The molecule has 0 saturated heterocycles. The van der Waals surface area contributed by atoms with Crippen LogP contribution in [0.25, 0.3) is 11.4 Å². The van der Waals surface area contributed by atoms with Crippen LogP contribution in [0.5, 0.6) is 0 Å². The van der Waals surface area contributed by atoms with Crippen LogP contribution in [-0.2, 0) is 42.1 Å². The number of ketones is 1. The number of halogens is 8. The fraction of sp³-hybridized carbons (Fsp3) is 0.400. The molecule has 0 spiro atoms. The van der Waals surface area contributed by atoms with Crippen molar-refractivity contribution in [2.75, 3.05) is 0 Å². The van der Waals surface area contributed by atoms with Crippen molar-refractivity contribution in [1.82, 2.24) is 18.3 Å². The highest BCUT2D eigenvalue weighted by Crippen LogP contribution is 2.54. The Morgan fingerprint density at radius 1 is 0.596 bits per heavy atom. The van der Waals surface area contributed by atoms with E-state index in [9.17, 15) is 45.5 Å². The lowest BCUT2D eigenvalue weighted by molar-refractivity contribution is -0.144. The Labute approximate surface area is 300 Å². The van der Waals surface area contributed by atoms with Crippen LogP contribution >= 0.6 is 23.2 Å². The lowest BCUT2D eigenvalue weighted by Crippen LogP contribution is -2.47. The van der Waals surface area contributed by atoms with Crippen LogP contribution in [0.15, 0.2) is 67.7 Å². The van der Waals surface area contributed by atoms with Crippen LogP contribution in [0.4, 0.5) is 26.3 Å². The van der Waals surface area contributed by atoms with Crippen molar-refractivity contribution < 1.29 is 31.1 Å². The molecule has 2 aliphatic rings. The van der Waals surface area contributed by atoms with E-state index in [1.807, 2.05) is 0 Å². The Kier molecular flexibility index (Phi) is 9.30. The molecule has 52 heavy (non-hydrogen) atoms. The summed E-state index contributed by atoms with van der Waals surface area (Å²) in [5.41, 5.74) is -10.2. The van der Waals surface area contributed by atoms with Gasteiger partial charge in [0, 0.05) is 36.3 Å². The number of hydrogen-bond donors (Lipinski definition) is 0. The van der Waals surface area contributed by atoms with Gasteiger partial charge in [-0.2, -0.15) is 26.3 Å². The van der Waals surface area contributed by atoms with E-state index in [4.69, 9.17) is 23.2 Å². The van der Waals surface area contributed by atoms with Gasteiger partial charge in [0.2, 0.25) is 0 Å². The van der Waals surface area contributed by atoms with E-state index in [2.05, 4.69) is 0 Å². The number of carbonyl (C=O) groups excluding carboxylic acids is 1. The van der Waals surface area contributed by atoms with E-state index in [1.54, 1.807) is 0 Å². The summed E-state index contributed by atoms with van der Waals surface area (Å²) in [6, 6.07) is 8.68. The SMILES string of the molecule is Cn1c(C(F)(F)F)cc(=O)n(-c2ccc(Cl)c(C3(C(=O)C4(c5cc(-n6c(=O)cc(C(F)(F)F)n(C)c6=O)ccc5Cl)CCCC4)CCCC3)c2)c1=O. The van der Waals surface area contributed by atoms with Crippen LogP contribution in [0, 0.1) is 0 Å². The molecule has 17 heteroatoms. The van der Waals surface area contributed by atoms with Crippen LogP contribution in [0.1, 0.15) is 73.9 Å². The first-order valence-corrected chi connectivity index (χ1v) is 17.0. The van der Waals surface area contributed by atoms with E-state index in [1.165, 1.54) is 36.4 Å². The topological polar surface area (TPSA) is 105 Å². The van der Waals surface area contributed by atoms with Gasteiger partial charge in [-0.1, -0.05) is 48.9 Å². The zero-order valence-electron chi connectivity index (χ0n) is 27.6. The second-order valence-electron chi connectivity index (χ2n) is 13.3. The normalized spacial score (nSPS) is 17.1. The molecule has 2 aromatic heterocycles. The minimum absolute atomic E-state index is 0.101. The van der Waals surface area contributed by atoms with Gasteiger partial charge in [0.1, 0.15) is 11.4 Å². The number of hydrogen-bond acceptors (Lipinski definition) is 5. The summed E-state index contributed by atoms with van der Waals surface area (Å²) in [4.78, 5) is 67.7. The molecule has 2 saturated carbocycles. The second-order valence-corrected chi connectivity index (χ2v) is 14.1.